The molecule has 3 heterocycles. The first-order valence-corrected chi connectivity index (χ1v) is 7.79. The minimum atomic E-state index is -0.422. The molecule has 6 nitrogen and oxygen atoms in total. The molecule has 0 radical (unpaired) electrons. The van der Waals surface area contributed by atoms with Gasteiger partial charge in [0.05, 0.1) is 23.3 Å². The van der Waals surface area contributed by atoms with Crippen LogP contribution in [0.3, 0.4) is 0 Å². The molecule has 3 rings (SSSR count). The Labute approximate surface area is 129 Å². The van der Waals surface area contributed by atoms with Gasteiger partial charge in [0.1, 0.15) is 0 Å². The van der Waals surface area contributed by atoms with Gasteiger partial charge >= 0.3 is 0 Å². The van der Waals surface area contributed by atoms with Crippen molar-refractivity contribution in [2.75, 3.05) is 13.1 Å². The molecule has 2 aromatic heterocycles. The van der Waals surface area contributed by atoms with Crippen LogP contribution in [0.5, 0.6) is 0 Å². The highest BCUT2D eigenvalue weighted by Crippen LogP contribution is 2.23. The van der Waals surface area contributed by atoms with Crippen molar-refractivity contribution < 1.29 is 9.90 Å². The monoisotopic (exact) mass is 302 g/mol. The molecule has 1 N–H and O–H groups in total. The first-order chi connectivity index (χ1) is 10.5. The number of aryl methyl sites for hydroxylation is 1. The number of hydrogen-bond acceptors (Lipinski definition) is 4. The Morgan fingerprint density at radius 2 is 2.23 bits per heavy atom. The fourth-order valence-electron chi connectivity index (χ4n) is 3.01. The third kappa shape index (κ3) is 2.59. The number of pyridine rings is 1. The van der Waals surface area contributed by atoms with Gasteiger partial charge in [0.2, 0.25) is 0 Å². The summed E-state index contributed by atoms with van der Waals surface area (Å²) in [5, 5.41) is 15.0. The number of carbonyl (C=O) groups excluding carboxylic acids is 1. The van der Waals surface area contributed by atoms with E-state index in [0.717, 1.165) is 29.6 Å². The van der Waals surface area contributed by atoms with Crippen molar-refractivity contribution in [1.29, 1.82) is 0 Å². The van der Waals surface area contributed by atoms with E-state index < -0.39 is 6.10 Å². The largest absolute Gasteiger partial charge is 0.391 e. The summed E-state index contributed by atoms with van der Waals surface area (Å²) in [5.41, 5.74) is 2.18. The van der Waals surface area contributed by atoms with E-state index in [9.17, 15) is 9.90 Å². The Hall–Kier alpha value is -1.95. The average Bonchev–Trinajstić information content (AvgIpc) is 2.89. The van der Waals surface area contributed by atoms with Crippen molar-refractivity contribution in [3.63, 3.8) is 0 Å². The standard InChI is InChI=1S/C16H22N4O2/c1-10(2)20-15-14(8-17-20)13(7-11(3)18-15)16(22)19-6-4-5-12(21)9-19/h7-8,10,12,21H,4-6,9H2,1-3H3. The fourth-order valence-corrected chi connectivity index (χ4v) is 3.01. The fraction of sp³-hybridized carbons (Fsp3) is 0.562. The van der Waals surface area contributed by atoms with Crippen molar-refractivity contribution in [2.45, 2.75) is 45.8 Å². The van der Waals surface area contributed by atoms with E-state index in [0.29, 0.717) is 18.7 Å². The van der Waals surface area contributed by atoms with Crippen LogP contribution >= 0.6 is 0 Å². The van der Waals surface area contributed by atoms with Crippen LogP contribution in [0.4, 0.5) is 0 Å². The number of piperidine rings is 1. The van der Waals surface area contributed by atoms with E-state index >= 15 is 0 Å². The van der Waals surface area contributed by atoms with Crippen LogP contribution in [0.15, 0.2) is 12.3 Å². The molecule has 1 saturated heterocycles. The Balaban J connectivity index is 2.04. The molecule has 0 bridgehead atoms. The molecule has 118 valence electrons. The summed E-state index contributed by atoms with van der Waals surface area (Å²) in [6.45, 7) is 7.06. The Bertz CT molecular complexity index is 707. The second kappa shape index (κ2) is 5.68. The maximum absolute atomic E-state index is 12.8. The summed E-state index contributed by atoms with van der Waals surface area (Å²) in [5.74, 6) is -0.0439. The van der Waals surface area contributed by atoms with Crippen LogP contribution < -0.4 is 0 Å². The maximum Gasteiger partial charge on any atom is 0.254 e. The Kier molecular flexibility index (Phi) is 3.87. The molecule has 1 amide bonds. The van der Waals surface area contributed by atoms with Gasteiger partial charge in [-0.3, -0.25) is 4.79 Å². The number of rotatable bonds is 2. The van der Waals surface area contributed by atoms with Gasteiger partial charge in [-0.1, -0.05) is 0 Å². The zero-order valence-electron chi connectivity index (χ0n) is 13.3. The van der Waals surface area contributed by atoms with E-state index in [1.807, 2.05) is 31.5 Å². The molecular formula is C16H22N4O2. The molecule has 0 aromatic carbocycles. The van der Waals surface area contributed by atoms with E-state index in [2.05, 4.69) is 10.1 Å². The van der Waals surface area contributed by atoms with Crippen molar-refractivity contribution in [3.8, 4) is 0 Å². The van der Waals surface area contributed by atoms with Gasteiger partial charge in [-0.15, -0.1) is 0 Å². The predicted octanol–water partition coefficient (Wildman–Crippen LogP) is 1.92. The number of aliphatic hydroxyl groups is 1. The van der Waals surface area contributed by atoms with Crippen molar-refractivity contribution in [2.24, 2.45) is 0 Å². The maximum atomic E-state index is 12.8. The zero-order chi connectivity index (χ0) is 15.9. The molecule has 0 spiro atoms. The highest BCUT2D eigenvalue weighted by atomic mass is 16.3. The number of nitrogens with zero attached hydrogens (tertiary/aromatic N) is 4. The van der Waals surface area contributed by atoms with E-state index in [-0.39, 0.29) is 11.9 Å². The summed E-state index contributed by atoms with van der Waals surface area (Å²) in [7, 11) is 0. The van der Waals surface area contributed by atoms with Crippen molar-refractivity contribution in [3.05, 3.63) is 23.5 Å². The minimum Gasteiger partial charge on any atom is -0.391 e. The molecule has 6 heteroatoms. The second-order valence-corrected chi connectivity index (χ2v) is 6.28. The van der Waals surface area contributed by atoms with Gasteiger partial charge in [-0.05, 0) is 39.7 Å². The van der Waals surface area contributed by atoms with Gasteiger partial charge in [-0.25, -0.2) is 9.67 Å². The van der Waals surface area contributed by atoms with Gasteiger partial charge in [0, 0.05) is 24.8 Å². The van der Waals surface area contributed by atoms with Crippen LogP contribution in [-0.2, 0) is 0 Å². The number of aliphatic hydroxyl groups excluding tert-OH is 1. The molecule has 2 aromatic rings. The summed E-state index contributed by atoms with van der Waals surface area (Å²) in [6, 6.07) is 2.00. The molecule has 1 aliphatic rings. The predicted molar refractivity (Wildman–Crippen MR) is 83.8 cm³/mol. The molecule has 1 unspecified atom stereocenters. The topological polar surface area (TPSA) is 71.2 Å². The van der Waals surface area contributed by atoms with Crippen molar-refractivity contribution >= 4 is 16.9 Å². The lowest BCUT2D eigenvalue weighted by atomic mass is 10.1. The van der Waals surface area contributed by atoms with Gasteiger partial charge in [-0.2, -0.15) is 5.10 Å². The summed E-state index contributed by atoms with van der Waals surface area (Å²) in [4.78, 5) is 19.1. The molecule has 22 heavy (non-hydrogen) atoms. The van der Waals surface area contributed by atoms with Crippen LogP contribution in [0, 0.1) is 6.92 Å². The van der Waals surface area contributed by atoms with E-state index in [1.165, 1.54) is 0 Å². The van der Waals surface area contributed by atoms with E-state index in [4.69, 9.17) is 0 Å². The van der Waals surface area contributed by atoms with Crippen LogP contribution in [-0.4, -0.2) is 49.9 Å². The molecular weight excluding hydrogens is 280 g/mol. The molecule has 0 saturated carbocycles. The first-order valence-electron chi connectivity index (χ1n) is 7.79. The number of aromatic nitrogens is 3. The minimum absolute atomic E-state index is 0.0439. The lowest BCUT2D eigenvalue weighted by Gasteiger charge is -2.30. The number of hydrogen-bond donors (Lipinski definition) is 1. The summed E-state index contributed by atoms with van der Waals surface area (Å²) < 4.78 is 1.84. The second-order valence-electron chi connectivity index (χ2n) is 6.28. The van der Waals surface area contributed by atoms with Crippen LogP contribution in [0.1, 0.15) is 48.8 Å². The average molecular weight is 302 g/mol. The van der Waals surface area contributed by atoms with Crippen LogP contribution in [0.2, 0.25) is 0 Å². The quantitative estimate of drug-likeness (QED) is 0.920. The molecule has 0 aliphatic carbocycles. The number of β-amino-alcohol motifs (C(OH)–C–C–N with tert-alkyl or cyclic N) is 1. The highest BCUT2D eigenvalue weighted by molar-refractivity contribution is 6.05. The lowest BCUT2D eigenvalue weighted by molar-refractivity contribution is 0.0475. The lowest BCUT2D eigenvalue weighted by Crippen LogP contribution is -2.42. The zero-order valence-corrected chi connectivity index (χ0v) is 13.3. The summed E-state index contributed by atoms with van der Waals surface area (Å²) >= 11 is 0. The highest BCUT2D eigenvalue weighted by Gasteiger charge is 2.25. The van der Waals surface area contributed by atoms with Gasteiger partial charge in [0.15, 0.2) is 5.65 Å². The number of fused-ring (bicyclic) bond motifs is 1. The molecule has 1 fully saturated rings. The molecule has 1 atom stereocenters. The number of carbonyl (C=O) groups is 1. The third-order valence-electron chi connectivity index (χ3n) is 4.10. The Morgan fingerprint density at radius 3 is 2.91 bits per heavy atom. The number of likely N-dealkylation sites (tertiary alicyclic amines) is 1. The summed E-state index contributed by atoms with van der Waals surface area (Å²) in [6.07, 6.45) is 2.90. The Morgan fingerprint density at radius 1 is 1.45 bits per heavy atom. The van der Waals surface area contributed by atoms with Crippen LogP contribution in [0.25, 0.3) is 11.0 Å². The smallest absolute Gasteiger partial charge is 0.254 e. The SMILES string of the molecule is Cc1cc(C(=O)N2CCCC(O)C2)c2cnn(C(C)C)c2n1. The van der Waals surface area contributed by atoms with E-state index in [1.54, 1.807) is 11.1 Å². The molecule has 1 aliphatic heterocycles. The number of amides is 1. The normalized spacial score (nSPS) is 19.1. The van der Waals surface area contributed by atoms with Gasteiger partial charge < -0.3 is 10.0 Å². The third-order valence-corrected chi connectivity index (χ3v) is 4.10. The first kappa shape index (κ1) is 15.0. The van der Waals surface area contributed by atoms with Gasteiger partial charge in [0.25, 0.3) is 5.91 Å². The van der Waals surface area contributed by atoms with Crippen molar-refractivity contribution in [1.82, 2.24) is 19.7 Å².